The predicted octanol–water partition coefficient (Wildman–Crippen LogP) is 19.9. The Morgan fingerprint density at radius 1 is 0.273 bits per heavy atom. The van der Waals surface area contributed by atoms with Gasteiger partial charge in [-0.05, 0) is 25.7 Å². The normalized spacial score (nSPS) is 14.0. The van der Waals surface area contributed by atoms with Gasteiger partial charge in [0.15, 0.2) is 12.2 Å². The van der Waals surface area contributed by atoms with E-state index in [2.05, 4.69) is 27.7 Å². The highest BCUT2D eigenvalue weighted by atomic mass is 31.2. The van der Waals surface area contributed by atoms with Crippen LogP contribution in [0.15, 0.2) is 0 Å². The summed E-state index contributed by atoms with van der Waals surface area (Å²) >= 11 is 0. The number of aliphatic hydroxyl groups excluding tert-OH is 1. The Morgan fingerprint density at radius 3 is 0.670 bits per heavy atom. The Kier molecular flexibility index (Phi) is 62.4. The van der Waals surface area contributed by atoms with Crippen molar-refractivity contribution in [2.24, 2.45) is 0 Å². The highest BCUT2D eigenvalue weighted by Gasteiger charge is 2.30. The van der Waals surface area contributed by atoms with Gasteiger partial charge in [-0.15, -0.1) is 0 Å². The highest BCUT2D eigenvalue weighted by Crippen LogP contribution is 2.45. The van der Waals surface area contributed by atoms with E-state index < -0.39 is 97.5 Å². The van der Waals surface area contributed by atoms with Crippen LogP contribution in [-0.2, 0) is 65.4 Å². The molecule has 0 aromatic carbocycles. The van der Waals surface area contributed by atoms with Crippen molar-refractivity contribution in [1.82, 2.24) is 0 Å². The van der Waals surface area contributed by atoms with E-state index in [0.29, 0.717) is 25.7 Å². The van der Waals surface area contributed by atoms with Gasteiger partial charge in [-0.25, -0.2) is 9.13 Å². The number of esters is 4. The minimum Gasteiger partial charge on any atom is -0.462 e. The van der Waals surface area contributed by atoms with Crippen molar-refractivity contribution in [3.63, 3.8) is 0 Å². The second kappa shape index (κ2) is 63.8. The summed E-state index contributed by atoms with van der Waals surface area (Å²) < 4.78 is 68.1. The summed E-state index contributed by atoms with van der Waals surface area (Å²) in [5, 5.41) is 10.5. The van der Waals surface area contributed by atoms with Gasteiger partial charge in [0.05, 0.1) is 26.4 Å². The third kappa shape index (κ3) is 62.8. The molecule has 88 heavy (non-hydrogen) atoms. The number of hydrogen-bond donors (Lipinski definition) is 3. The minimum absolute atomic E-state index is 0.106. The summed E-state index contributed by atoms with van der Waals surface area (Å²) in [4.78, 5) is 72.3. The number of carbonyl (C=O) groups excluding carboxylic acids is 4. The molecule has 0 fully saturated rings. The molecule has 19 heteroatoms. The average molecular weight is 1300 g/mol. The van der Waals surface area contributed by atoms with Gasteiger partial charge in [0, 0.05) is 25.7 Å². The molecule has 0 aromatic heterocycles. The number of phosphoric acid groups is 2. The highest BCUT2D eigenvalue weighted by molar-refractivity contribution is 7.47. The summed E-state index contributed by atoms with van der Waals surface area (Å²) in [6.07, 6.45) is 51.6. The Morgan fingerprint density at radius 2 is 0.455 bits per heavy atom. The summed E-state index contributed by atoms with van der Waals surface area (Å²) in [5.41, 5.74) is 0. The first kappa shape index (κ1) is 86.1. The van der Waals surface area contributed by atoms with E-state index in [1.165, 1.54) is 180 Å². The van der Waals surface area contributed by atoms with Crippen molar-refractivity contribution in [2.45, 2.75) is 380 Å². The smallest absolute Gasteiger partial charge is 0.462 e. The van der Waals surface area contributed by atoms with Crippen molar-refractivity contribution in [3.05, 3.63) is 0 Å². The molecule has 0 heterocycles. The molecule has 0 aliphatic rings. The molecule has 17 nitrogen and oxygen atoms in total. The zero-order valence-electron chi connectivity index (χ0n) is 56.7. The van der Waals surface area contributed by atoms with Crippen LogP contribution in [0.2, 0.25) is 0 Å². The van der Waals surface area contributed by atoms with E-state index in [1.807, 2.05) is 0 Å². The van der Waals surface area contributed by atoms with Gasteiger partial charge < -0.3 is 33.8 Å². The summed E-state index contributed by atoms with van der Waals surface area (Å²) in [6, 6.07) is 0. The molecule has 0 aliphatic heterocycles. The van der Waals surface area contributed by atoms with Crippen LogP contribution in [0.3, 0.4) is 0 Å². The predicted molar refractivity (Wildman–Crippen MR) is 354 cm³/mol. The number of rotatable bonds is 70. The number of phosphoric ester groups is 2. The monoisotopic (exact) mass is 1300 g/mol. The molecule has 522 valence electrons. The molecular formula is C69H134O17P2. The van der Waals surface area contributed by atoms with Gasteiger partial charge in [0.1, 0.15) is 19.3 Å². The molecule has 2 unspecified atom stereocenters. The number of carbonyl (C=O) groups is 4. The lowest BCUT2D eigenvalue weighted by molar-refractivity contribution is -0.161. The third-order valence-electron chi connectivity index (χ3n) is 16.1. The molecule has 0 saturated carbocycles. The van der Waals surface area contributed by atoms with Crippen LogP contribution < -0.4 is 0 Å². The first-order valence-corrected chi connectivity index (χ1v) is 39.3. The van der Waals surface area contributed by atoms with E-state index >= 15 is 0 Å². The SMILES string of the molecule is CCCCCCCCCCCCCCCCCCCCCCC(=O)O[C@H](COC(=O)CCCCCCCCCCCCCC)COP(=O)(O)OC[C@@H](O)COP(=O)(O)OC[C@@H](COC(=O)CCCCCCCCC)OC(=O)CCCCCCCCCCC. The molecule has 0 bridgehead atoms. The minimum atomic E-state index is -4.95. The zero-order valence-corrected chi connectivity index (χ0v) is 58.5. The quantitative estimate of drug-likeness (QED) is 0.0222. The third-order valence-corrected chi connectivity index (χ3v) is 18.0. The molecule has 5 atom stereocenters. The Balaban J connectivity index is 5.14. The second-order valence-electron chi connectivity index (χ2n) is 24.9. The lowest BCUT2D eigenvalue weighted by atomic mass is 10.0. The second-order valence-corrected chi connectivity index (χ2v) is 27.8. The fourth-order valence-corrected chi connectivity index (χ4v) is 12.1. The Bertz CT molecular complexity index is 1690. The van der Waals surface area contributed by atoms with Gasteiger partial charge in [-0.3, -0.25) is 37.3 Å². The largest absolute Gasteiger partial charge is 0.472 e. The van der Waals surface area contributed by atoms with E-state index in [-0.39, 0.29) is 25.7 Å². The fourth-order valence-electron chi connectivity index (χ4n) is 10.5. The van der Waals surface area contributed by atoms with Crippen LogP contribution in [0.5, 0.6) is 0 Å². The first-order valence-electron chi connectivity index (χ1n) is 36.3. The maximum Gasteiger partial charge on any atom is 0.472 e. The van der Waals surface area contributed by atoms with E-state index in [9.17, 15) is 43.2 Å². The number of ether oxygens (including phenoxy) is 4. The van der Waals surface area contributed by atoms with E-state index in [0.717, 1.165) is 103 Å². The Hall–Kier alpha value is -1.94. The topological polar surface area (TPSA) is 237 Å². The molecule has 0 spiro atoms. The van der Waals surface area contributed by atoms with Crippen LogP contribution in [0, 0.1) is 0 Å². The van der Waals surface area contributed by atoms with Gasteiger partial charge in [0.25, 0.3) is 0 Å². The fraction of sp³-hybridized carbons (Fsp3) is 0.942. The summed E-state index contributed by atoms with van der Waals surface area (Å²) in [5.74, 6) is -2.13. The van der Waals surface area contributed by atoms with Gasteiger partial charge in [-0.2, -0.15) is 0 Å². The van der Waals surface area contributed by atoms with Crippen LogP contribution in [0.1, 0.15) is 362 Å². The molecule has 0 aliphatic carbocycles. The van der Waals surface area contributed by atoms with Gasteiger partial charge in [-0.1, -0.05) is 310 Å². The van der Waals surface area contributed by atoms with Crippen LogP contribution in [0.25, 0.3) is 0 Å². The van der Waals surface area contributed by atoms with Gasteiger partial charge in [0.2, 0.25) is 0 Å². The van der Waals surface area contributed by atoms with Crippen molar-refractivity contribution in [3.8, 4) is 0 Å². The maximum absolute atomic E-state index is 13.0. The molecule has 0 saturated heterocycles. The Labute approximate surface area is 537 Å². The molecule has 3 N–H and O–H groups in total. The lowest BCUT2D eigenvalue weighted by Gasteiger charge is -2.21. The molecular weight excluding hydrogens is 1160 g/mol. The number of hydrogen-bond acceptors (Lipinski definition) is 15. The van der Waals surface area contributed by atoms with Crippen molar-refractivity contribution in [2.75, 3.05) is 39.6 Å². The molecule has 0 amide bonds. The number of unbranched alkanes of at least 4 members (excludes halogenated alkanes) is 44. The molecule has 0 aromatic rings. The zero-order chi connectivity index (χ0) is 64.7. The van der Waals surface area contributed by atoms with Crippen LogP contribution in [-0.4, -0.2) is 96.7 Å². The van der Waals surface area contributed by atoms with Crippen molar-refractivity contribution < 1.29 is 80.2 Å². The van der Waals surface area contributed by atoms with Crippen LogP contribution >= 0.6 is 15.6 Å². The summed E-state index contributed by atoms with van der Waals surface area (Å²) in [6.45, 7) is 4.87. The number of aliphatic hydroxyl groups is 1. The molecule has 0 radical (unpaired) electrons. The standard InChI is InChI=1S/C69H134O17P2/c1-5-9-13-17-21-24-26-28-29-30-31-32-33-34-35-37-40-44-48-52-56-69(74)86-65(60-80-67(72)54-50-46-42-39-36-27-25-22-18-14-10-6-2)62-84-88(77,78)82-58-63(70)57-81-87(75,76)83-61-64(59-79-66(71)53-49-45-41-20-16-12-8-4)85-68(73)55-51-47-43-38-23-19-15-11-7-3/h63-65,70H,5-62H2,1-4H3,(H,75,76)(H,77,78)/t63-,64+,65+/m0/s1. The van der Waals surface area contributed by atoms with Gasteiger partial charge >= 0.3 is 39.5 Å². The van der Waals surface area contributed by atoms with E-state index in [1.54, 1.807) is 0 Å². The average Bonchev–Trinajstić information content (AvgIpc) is 3.57. The maximum atomic E-state index is 13.0. The van der Waals surface area contributed by atoms with Crippen LogP contribution in [0.4, 0.5) is 0 Å². The first-order chi connectivity index (χ1) is 42.7. The van der Waals surface area contributed by atoms with Crippen molar-refractivity contribution >= 4 is 39.5 Å². The lowest BCUT2D eigenvalue weighted by Crippen LogP contribution is -2.30. The summed E-state index contributed by atoms with van der Waals surface area (Å²) in [7, 11) is -9.89. The van der Waals surface area contributed by atoms with Crippen molar-refractivity contribution in [1.29, 1.82) is 0 Å². The molecule has 0 rings (SSSR count). The van der Waals surface area contributed by atoms with E-state index in [4.69, 9.17) is 37.0 Å².